The van der Waals surface area contributed by atoms with Crippen molar-refractivity contribution in [3.05, 3.63) is 73.1 Å². The number of anilines is 1. The van der Waals surface area contributed by atoms with Crippen LogP contribution in [0.1, 0.15) is 0 Å². The third-order valence-electron chi connectivity index (χ3n) is 4.04. The molecule has 1 aromatic heterocycles. The zero-order chi connectivity index (χ0) is 18.6. The quantitative estimate of drug-likeness (QED) is 0.551. The second-order valence-electron chi connectivity index (χ2n) is 5.75. The summed E-state index contributed by atoms with van der Waals surface area (Å²) >= 11 is 0. The summed E-state index contributed by atoms with van der Waals surface area (Å²) in [7, 11) is 1.61. The molecule has 0 bridgehead atoms. The van der Waals surface area contributed by atoms with Gasteiger partial charge < -0.3 is 19.9 Å². The Morgan fingerprint density at radius 1 is 0.741 bits per heavy atom. The van der Waals surface area contributed by atoms with Crippen molar-refractivity contribution in [3.8, 4) is 29.0 Å². The Labute approximate surface area is 156 Å². The number of nitrogens with zero attached hydrogens (tertiary/aromatic N) is 2. The van der Waals surface area contributed by atoms with Gasteiger partial charge in [-0.25, -0.2) is 0 Å². The SMILES string of the molecule is COc1ccc(Oc2ncnc(Oc3cccc4ccccc34)c2N)cc1. The fourth-order valence-electron chi connectivity index (χ4n) is 2.67. The molecule has 0 amide bonds. The minimum absolute atomic E-state index is 0.223. The van der Waals surface area contributed by atoms with Crippen molar-refractivity contribution in [1.29, 1.82) is 0 Å². The molecule has 4 aromatic rings. The largest absolute Gasteiger partial charge is 0.497 e. The maximum Gasteiger partial charge on any atom is 0.249 e. The van der Waals surface area contributed by atoms with E-state index >= 15 is 0 Å². The van der Waals surface area contributed by atoms with Gasteiger partial charge in [0, 0.05) is 5.39 Å². The highest BCUT2D eigenvalue weighted by atomic mass is 16.5. The number of aromatic nitrogens is 2. The van der Waals surface area contributed by atoms with Crippen molar-refractivity contribution in [2.24, 2.45) is 0 Å². The van der Waals surface area contributed by atoms with Crippen LogP contribution in [0.25, 0.3) is 10.8 Å². The number of nitrogens with two attached hydrogens (primary N) is 1. The minimum Gasteiger partial charge on any atom is -0.497 e. The highest BCUT2D eigenvalue weighted by Crippen LogP contribution is 2.36. The van der Waals surface area contributed by atoms with Gasteiger partial charge in [0.1, 0.15) is 23.6 Å². The Kier molecular flexibility index (Phi) is 4.45. The summed E-state index contributed by atoms with van der Waals surface area (Å²) in [6.45, 7) is 0. The normalized spacial score (nSPS) is 10.6. The van der Waals surface area contributed by atoms with Gasteiger partial charge in [0.25, 0.3) is 0 Å². The first kappa shape index (κ1) is 16.7. The van der Waals surface area contributed by atoms with E-state index in [9.17, 15) is 0 Å². The number of hydrogen-bond donors (Lipinski definition) is 1. The monoisotopic (exact) mass is 359 g/mol. The molecule has 0 atom stereocenters. The molecule has 6 nitrogen and oxygen atoms in total. The summed E-state index contributed by atoms with van der Waals surface area (Å²) < 4.78 is 16.9. The Morgan fingerprint density at radius 3 is 2.19 bits per heavy atom. The lowest BCUT2D eigenvalue weighted by Gasteiger charge is -2.12. The summed E-state index contributed by atoms with van der Waals surface area (Å²) in [5.41, 5.74) is 6.40. The molecule has 0 radical (unpaired) electrons. The number of ether oxygens (including phenoxy) is 3. The second-order valence-corrected chi connectivity index (χ2v) is 5.75. The maximum absolute atomic E-state index is 6.18. The van der Waals surface area contributed by atoms with Crippen LogP contribution in [-0.2, 0) is 0 Å². The molecule has 0 saturated heterocycles. The molecule has 6 heteroatoms. The molecule has 0 saturated carbocycles. The van der Waals surface area contributed by atoms with Crippen LogP contribution in [0.2, 0.25) is 0 Å². The number of benzene rings is 3. The molecule has 0 fully saturated rings. The lowest BCUT2D eigenvalue weighted by Crippen LogP contribution is -2.00. The molecule has 0 spiro atoms. The van der Waals surface area contributed by atoms with Gasteiger partial charge in [-0.3, -0.25) is 0 Å². The third-order valence-corrected chi connectivity index (χ3v) is 4.04. The average molecular weight is 359 g/mol. The molecule has 0 aliphatic carbocycles. The van der Waals surface area contributed by atoms with Crippen molar-refractivity contribution >= 4 is 16.5 Å². The number of fused-ring (bicyclic) bond motifs is 1. The summed E-state index contributed by atoms with van der Waals surface area (Å²) in [5, 5.41) is 2.04. The van der Waals surface area contributed by atoms with Crippen LogP contribution in [-0.4, -0.2) is 17.1 Å². The van der Waals surface area contributed by atoms with E-state index in [1.807, 2.05) is 42.5 Å². The van der Waals surface area contributed by atoms with E-state index in [-0.39, 0.29) is 17.4 Å². The van der Waals surface area contributed by atoms with Crippen molar-refractivity contribution < 1.29 is 14.2 Å². The zero-order valence-corrected chi connectivity index (χ0v) is 14.6. The molecule has 1 heterocycles. The van der Waals surface area contributed by atoms with Crippen molar-refractivity contribution in [1.82, 2.24) is 9.97 Å². The first-order valence-electron chi connectivity index (χ1n) is 8.32. The first-order valence-corrected chi connectivity index (χ1v) is 8.32. The van der Waals surface area contributed by atoms with E-state index in [0.29, 0.717) is 11.5 Å². The highest BCUT2D eigenvalue weighted by molar-refractivity contribution is 5.88. The van der Waals surface area contributed by atoms with E-state index in [1.165, 1.54) is 6.33 Å². The van der Waals surface area contributed by atoms with Crippen LogP contribution in [0, 0.1) is 0 Å². The lowest BCUT2D eigenvalue weighted by molar-refractivity contribution is 0.411. The van der Waals surface area contributed by atoms with Crippen LogP contribution in [0.15, 0.2) is 73.1 Å². The standard InChI is InChI=1S/C21H17N3O3/c1-25-15-9-11-16(12-10-15)26-20-19(22)21(24-13-23-20)27-18-8-4-6-14-5-2-3-7-17(14)18/h2-13H,22H2,1H3. The predicted octanol–water partition coefficient (Wildman–Crippen LogP) is 4.81. The number of methoxy groups -OCH3 is 1. The molecular weight excluding hydrogens is 342 g/mol. The molecule has 134 valence electrons. The Hall–Kier alpha value is -3.80. The third kappa shape index (κ3) is 3.46. The zero-order valence-electron chi connectivity index (χ0n) is 14.6. The molecular formula is C21H17N3O3. The summed E-state index contributed by atoms with van der Waals surface area (Å²) in [6, 6.07) is 20.9. The van der Waals surface area contributed by atoms with E-state index in [0.717, 1.165) is 16.5 Å². The minimum atomic E-state index is 0.223. The Bertz CT molecular complexity index is 1080. The predicted molar refractivity (Wildman–Crippen MR) is 104 cm³/mol. The van der Waals surface area contributed by atoms with Crippen molar-refractivity contribution in [2.45, 2.75) is 0 Å². The summed E-state index contributed by atoms with van der Waals surface area (Å²) in [6.07, 6.45) is 1.36. The van der Waals surface area contributed by atoms with Crippen LogP contribution in [0.3, 0.4) is 0 Å². The van der Waals surface area contributed by atoms with Gasteiger partial charge in [0.2, 0.25) is 11.8 Å². The lowest BCUT2D eigenvalue weighted by atomic mass is 10.1. The first-order chi connectivity index (χ1) is 13.2. The fourth-order valence-corrected chi connectivity index (χ4v) is 2.67. The van der Waals surface area contributed by atoms with Gasteiger partial charge in [0.05, 0.1) is 7.11 Å². The Balaban J connectivity index is 1.63. The highest BCUT2D eigenvalue weighted by Gasteiger charge is 2.14. The molecule has 0 aliphatic heterocycles. The van der Waals surface area contributed by atoms with Crippen LogP contribution >= 0.6 is 0 Å². The van der Waals surface area contributed by atoms with Gasteiger partial charge in [-0.15, -0.1) is 0 Å². The van der Waals surface area contributed by atoms with Crippen molar-refractivity contribution in [2.75, 3.05) is 12.8 Å². The van der Waals surface area contributed by atoms with Gasteiger partial charge in [0.15, 0.2) is 5.69 Å². The van der Waals surface area contributed by atoms with Crippen LogP contribution in [0.4, 0.5) is 5.69 Å². The van der Waals surface area contributed by atoms with Crippen LogP contribution < -0.4 is 19.9 Å². The molecule has 0 unspecified atom stereocenters. The Morgan fingerprint density at radius 2 is 1.41 bits per heavy atom. The van der Waals surface area contributed by atoms with Gasteiger partial charge in [-0.05, 0) is 35.7 Å². The number of rotatable bonds is 5. The van der Waals surface area contributed by atoms with E-state index in [4.69, 9.17) is 19.9 Å². The number of hydrogen-bond acceptors (Lipinski definition) is 6. The summed E-state index contributed by atoms with van der Waals surface area (Å²) in [5.74, 6) is 2.44. The van der Waals surface area contributed by atoms with E-state index < -0.39 is 0 Å². The molecule has 2 N–H and O–H groups in total. The van der Waals surface area contributed by atoms with Gasteiger partial charge >= 0.3 is 0 Å². The average Bonchev–Trinajstić information content (AvgIpc) is 2.72. The molecule has 4 rings (SSSR count). The maximum atomic E-state index is 6.18. The molecule has 0 aliphatic rings. The fraction of sp³-hybridized carbons (Fsp3) is 0.0476. The molecule has 3 aromatic carbocycles. The van der Waals surface area contributed by atoms with Gasteiger partial charge in [-0.2, -0.15) is 9.97 Å². The van der Waals surface area contributed by atoms with E-state index in [1.54, 1.807) is 31.4 Å². The van der Waals surface area contributed by atoms with Crippen LogP contribution in [0.5, 0.6) is 29.0 Å². The van der Waals surface area contributed by atoms with Gasteiger partial charge in [-0.1, -0.05) is 36.4 Å². The van der Waals surface area contributed by atoms with Crippen molar-refractivity contribution in [3.63, 3.8) is 0 Å². The van der Waals surface area contributed by atoms with E-state index in [2.05, 4.69) is 9.97 Å². The topological polar surface area (TPSA) is 79.5 Å². The summed E-state index contributed by atoms with van der Waals surface area (Å²) in [4.78, 5) is 8.26. The second kappa shape index (κ2) is 7.21. The molecule has 27 heavy (non-hydrogen) atoms. The number of nitrogen functional groups attached to an aromatic ring is 1. The smallest absolute Gasteiger partial charge is 0.249 e.